The molecule has 1 aromatic carbocycles. The van der Waals surface area contributed by atoms with Crippen LogP contribution in [0.1, 0.15) is 32.4 Å². The lowest BCUT2D eigenvalue weighted by atomic mass is 9.96. The third kappa shape index (κ3) is 7.19. The summed E-state index contributed by atoms with van der Waals surface area (Å²) in [5, 5.41) is 17.4. The number of thioether (sulfide) groups is 1. The predicted molar refractivity (Wildman–Crippen MR) is 141 cm³/mol. The Hall–Kier alpha value is -4.13. The van der Waals surface area contributed by atoms with Crippen molar-refractivity contribution in [3.05, 3.63) is 59.0 Å². The summed E-state index contributed by atoms with van der Waals surface area (Å²) in [6, 6.07) is 3.75. The van der Waals surface area contributed by atoms with Crippen molar-refractivity contribution in [3.8, 4) is 17.3 Å². The van der Waals surface area contributed by atoms with Crippen molar-refractivity contribution in [1.82, 2.24) is 20.0 Å². The molecule has 1 aliphatic heterocycles. The zero-order chi connectivity index (χ0) is 30.6. The second-order valence-corrected chi connectivity index (χ2v) is 10.6. The smallest absolute Gasteiger partial charge is 0.303 e. The van der Waals surface area contributed by atoms with E-state index in [-0.39, 0.29) is 17.9 Å². The minimum absolute atomic E-state index is 0.00767. The van der Waals surface area contributed by atoms with Gasteiger partial charge < -0.3 is 18.9 Å². The highest BCUT2D eigenvalue weighted by atomic mass is 35.5. The number of carbonyl (C=O) groups is 3. The summed E-state index contributed by atoms with van der Waals surface area (Å²) in [4.78, 5) is 40.7. The zero-order valence-corrected chi connectivity index (χ0v) is 23.8. The molecule has 16 heteroatoms. The van der Waals surface area contributed by atoms with Crippen molar-refractivity contribution >= 4 is 41.3 Å². The van der Waals surface area contributed by atoms with Crippen LogP contribution in [0.3, 0.4) is 0 Å². The maximum atomic E-state index is 14.3. The van der Waals surface area contributed by atoms with Crippen LogP contribution in [0.5, 0.6) is 0 Å². The molecule has 2 aromatic heterocycles. The van der Waals surface area contributed by atoms with Gasteiger partial charge in [-0.2, -0.15) is 5.26 Å². The van der Waals surface area contributed by atoms with E-state index >= 15 is 0 Å². The summed E-state index contributed by atoms with van der Waals surface area (Å²) < 4.78 is 52.5. The van der Waals surface area contributed by atoms with Crippen LogP contribution < -0.4 is 0 Å². The average molecular weight is 622 g/mol. The number of hydrogen-bond donors (Lipinski definition) is 0. The van der Waals surface area contributed by atoms with E-state index in [0.29, 0.717) is 9.92 Å². The fourth-order valence-corrected chi connectivity index (χ4v) is 5.62. The van der Waals surface area contributed by atoms with Crippen molar-refractivity contribution in [2.24, 2.45) is 0 Å². The number of esters is 3. The van der Waals surface area contributed by atoms with Crippen molar-refractivity contribution in [2.45, 2.75) is 55.5 Å². The maximum Gasteiger partial charge on any atom is 0.303 e. The maximum absolute atomic E-state index is 14.3. The number of pyridine rings is 1. The summed E-state index contributed by atoms with van der Waals surface area (Å²) in [6.45, 7) is 3.15. The van der Waals surface area contributed by atoms with Gasteiger partial charge in [0, 0.05) is 43.6 Å². The minimum atomic E-state index is -1.25. The Morgan fingerprint density at radius 2 is 1.74 bits per heavy atom. The molecule has 5 unspecified atom stereocenters. The van der Waals surface area contributed by atoms with Crippen LogP contribution >= 0.6 is 23.4 Å². The molecule has 0 radical (unpaired) electrons. The SMILES string of the molecule is CC(=O)OCC1OC(Sc2cncc(Cl)c2)C(OC(C)=O)C(n2cc(-c3cc(F)c(C#N)c(F)c3)nn2)C1OC(C)=O. The number of rotatable bonds is 8. The van der Waals surface area contributed by atoms with Crippen molar-refractivity contribution in [1.29, 1.82) is 5.26 Å². The predicted octanol–water partition coefficient (Wildman–Crippen LogP) is 3.63. The van der Waals surface area contributed by atoms with Crippen LogP contribution in [0.2, 0.25) is 5.02 Å². The second-order valence-electron chi connectivity index (χ2n) is 8.95. The third-order valence-corrected chi connectivity index (χ3v) is 7.18. The molecule has 3 heterocycles. The van der Waals surface area contributed by atoms with Crippen LogP contribution in [-0.4, -0.2) is 68.2 Å². The largest absolute Gasteiger partial charge is 0.463 e. The van der Waals surface area contributed by atoms with Crippen LogP contribution in [0, 0.1) is 23.0 Å². The van der Waals surface area contributed by atoms with Gasteiger partial charge in [-0.3, -0.25) is 19.4 Å². The number of carbonyl (C=O) groups excluding carboxylic acids is 3. The van der Waals surface area contributed by atoms with Gasteiger partial charge in [0.1, 0.15) is 53.1 Å². The lowest BCUT2D eigenvalue weighted by Crippen LogP contribution is -2.57. The zero-order valence-electron chi connectivity index (χ0n) is 22.2. The fourth-order valence-electron chi connectivity index (χ4n) is 4.25. The molecule has 0 N–H and O–H groups in total. The summed E-state index contributed by atoms with van der Waals surface area (Å²) in [7, 11) is 0. The van der Waals surface area contributed by atoms with E-state index in [0.717, 1.165) is 30.8 Å². The molecule has 0 aliphatic carbocycles. The Kier molecular flexibility index (Phi) is 9.71. The van der Waals surface area contributed by atoms with Gasteiger partial charge in [0.15, 0.2) is 12.2 Å². The van der Waals surface area contributed by atoms with E-state index < -0.39 is 64.9 Å². The van der Waals surface area contributed by atoms with Gasteiger partial charge in [-0.1, -0.05) is 28.6 Å². The number of aromatic nitrogens is 4. The molecule has 0 spiro atoms. The van der Waals surface area contributed by atoms with E-state index in [1.54, 1.807) is 6.07 Å². The van der Waals surface area contributed by atoms with Gasteiger partial charge in [-0.25, -0.2) is 13.5 Å². The first kappa shape index (κ1) is 30.8. The summed E-state index contributed by atoms with van der Waals surface area (Å²) in [5.74, 6) is -4.27. The summed E-state index contributed by atoms with van der Waals surface area (Å²) in [5.41, 5.74) is -1.82. The number of nitriles is 1. The van der Waals surface area contributed by atoms with E-state index in [2.05, 4.69) is 15.3 Å². The number of nitrogens with zero attached hydrogens (tertiary/aromatic N) is 5. The Labute approximate surface area is 246 Å². The van der Waals surface area contributed by atoms with Crippen molar-refractivity contribution < 1.29 is 42.1 Å². The second kappa shape index (κ2) is 13.2. The van der Waals surface area contributed by atoms with Gasteiger partial charge in [0.2, 0.25) is 0 Å². The van der Waals surface area contributed by atoms with Crippen molar-refractivity contribution in [2.75, 3.05) is 6.61 Å². The van der Waals surface area contributed by atoms with Gasteiger partial charge in [-0.15, -0.1) is 5.10 Å². The van der Waals surface area contributed by atoms with Crippen molar-refractivity contribution in [3.63, 3.8) is 0 Å². The molecular weight excluding hydrogens is 600 g/mol. The molecule has 1 saturated heterocycles. The monoisotopic (exact) mass is 621 g/mol. The Morgan fingerprint density at radius 3 is 2.33 bits per heavy atom. The minimum Gasteiger partial charge on any atom is -0.463 e. The molecule has 0 saturated carbocycles. The lowest BCUT2D eigenvalue weighted by Gasteiger charge is -2.44. The first-order valence-electron chi connectivity index (χ1n) is 12.2. The molecular formula is C26H22ClF2N5O7S. The first-order valence-corrected chi connectivity index (χ1v) is 13.4. The highest BCUT2D eigenvalue weighted by Gasteiger charge is 2.52. The molecule has 3 aromatic rings. The molecule has 0 bridgehead atoms. The van der Waals surface area contributed by atoms with E-state index in [9.17, 15) is 23.2 Å². The van der Waals surface area contributed by atoms with Gasteiger partial charge in [0.25, 0.3) is 0 Å². The normalized spacial score (nSPS) is 21.7. The van der Waals surface area contributed by atoms with Gasteiger partial charge in [0.05, 0.1) is 11.2 Å². The molecule has 220 valence electrons. The van der Waals surface area contributed by atoms with Crippen LogP contribution in [0.25, 0.3) is 11.3 Å². The molecule has 42 heavy (non-hydrogen) atoms. The Balaban J connectivity index is 1.82. The van der Waals surface area contributed by atoms with E-state index in [1.807, 2.05) is 0 Å². The molecule has 4 rings (SSSR count). The summed E-state index contributed by atoms with van der Waals surface area (Å²) in [6.07, 6.45) is 0.690. The van der Waals surface area contributed by atoms with E-state index in [4.69, 9.17) is 35.8 Å². The molecule has 12 nitrogen and oxygen atoms in total. The Bertz CT molecular complexity index is 1530. The van der Waals surface area contributed by atoms with Gasteiger partial charge in [-0.05, 0) is 18.2 Å². The van der Waals surface area contributed by atoms with Crippen LogP contribution in [-0.2, 0) is 33.3 Å². The van der Waals surface area contributed by atoms with E-state index in [1.165, 1.54) is 43.2 Å². The number of halogens is 3. The topological polar surface area (TPSA) is 156 Å². The first-order chi connectivity index (χ1) is 20.0. The molecule has 0 amide bonds. The standard InChI is InChI=1S/C26H22ClF2N5O7S/c1-12(35)38-11-22-24(39-13(2)36)23(25(40-14(3)37)26(41-22)42-17-6-16(27)8-31-9-17)34-10-21(32-33-34)15-4-19(28)18(7-30)20(29)5-15/h4-6,8-10,22-26H,11H2,1-3H3. The number of ether oxygens (including phenoxy) is 4. The molecule has 1 fully saturated rings. The number of hydrogen-bond acceptors (Lipinski definition) is 12. The summed E-state index contributed by atoms with van der Waals surface area (Å²) >= 11 is 7.17. The van der Waals surface area contributed by atoms with Crippen LogP contribution in [0.15, 0.2) is 41.7 Å². The highest BCUT2D eigenvalue weighted by Crippen LogP contribution is 2.41. The quantitative estimate of drug-likeness (QED) is 0.266. The molecule has 5 atom stereocenters. The molecule has 1 aliphatic rings. The fraction of sp³-hybridized carbons (Fsp3) is 0.346. The Morgan fingerprint density at radius 1 is 1.07 bits per heavy atom. The lowest BCUT2D eigenvalue weighted by molar-refractivity contribution is -0.212. The average Bonchev–Trinajstić information content (AvgIpc) is 3.38. The number of benzene rings is 1. The highest BCUT2D eigenvalue weighted by molar-refractivity contribution is 7.99. The van der Waals surface area contributed by atoms with Gasteiger partial charge >= 0.3 is 17.9 Å². The third-order valence-electron chi connectivity index (χ3n) is 5.87. The van der Waals surface area contributed by atoms with Crippen LogP contribution in [0.4, 0.5) is 8.78 Å².